The fraction of sp³-hybridized carbons (Fsp3) is 0.429. The molecular weight excluding hydrogens is 280 g/mol. The summed E-state index contributed by atoms with van der Waals surface area (Å²) >= 11 is 6.04. The number of aryl methyl sites for hydroxylation is 1. The lowest BCUT2D eigenvalue weighted by atomic mass is 10.1. The molecule has 1 N–H and O–H groups in total. The first-order valence-electron chi connectivity index (χ1n) is 6.42. The fourth-order valence-electron chi connectivity index (χ4n) is 2.26. The summed E-state index contributed by atoms with van der Waals surface area (Å²) in [4.78, 5) is 25.0. The average molecular weight is 297 g/mol. The lowest BCUT2D eigenvalue weighted by molar-refractivity contribution is -0.138. The molecule has 1 heterocycles. The third-order valence-corrected chi connectivity index (χ3v) is 3.78. The van der Waals surface area contributed by atoms with Crippen molar-refractivity contribution in [3.63, 3.8) is 0 Å². The molecule has 1 aliphatic rings. The second-order valence-corrected chi connectivity index (χ2v) is 5.09. The van der Waals surface area contributed by atoms with Gasteiger partial charge in [0.05, 0.1) is 19.2 Å². The smallest absolute Gasteiger partial charge is 0.252 e. The van der Waals surface area contributed by atoms with E-state index in [1.807, 2.05) is 13.0 Å². The van der Waals surface area contributed by atoms with Crippen molar-refractivity contribution < 1.29 is 14.3 Å². The summed E-state index contributed by atoms with van der Waals surface area (Å²) in [5.41, 5.74) is 1.54. The van der Waals surface area contributed by atoms with Crippen LogP contribution in [0.5, 0.6) is 5.75 Å². The van der Waals surface area contributed by atoms with Crippen molar-refractivity contribution in [1.29, 1.82) is 0 Å². The Morgan fingerprint density at radius 1 is 1.45 bits per heavy atom. The number of nitrogens with zero attached hydrogens (tertiary/aromatic N) is 1. The van der Waals surface area contributed by atoms with Crippen LogP contribution in [0.1, 0.15) is 18.9 Å². The summed E-state index contributed by atoms with van der Waals surface area (Å²) in [6.07, 6.45) is 0.164. The van der Waals surface area contributed by atoms with Crippen LogP contribution < -0.4 is 10.1 Å². The molecule has 6 heteroatoms. The third-order valence-electron chi connectivity index (χ3n) is 3.37. The molecule has 1 aromatic rings. The quantitative estimate of drug-likeness (QED) is 0.866. The number of carbonyl (C=O) groups is 2. The van der Waals surface area contributed by atoms with E-state index in [2.05, 4.69) is 5.32 Å². The largest absolute Gasteiger partial charge is 0.495 e. The molecule has 1 unspecified atom stereocenters. The van der Waals surface area contributed by atoms with Crippen LogP contribution in [0.3, 0.4) is 0 Å². The number of hydrogen-bond acceptors (Lipinski definition) is 4. The van der Waals surface area contributed by atoms with Gasteiger partial charge in [-0.3, -0.25) is 14.5 Å². The van der Waals surface area contributed by atoms with Gasteiger partial charge in [0.25, 0.3) is 5.91 Å². The highest BCUT2D eigenvalue weighted by Gasteiger charge is 2.37. The van der Waals surface area contributed by atoms with Crippen LogP contribution in [-0.4, -0.2) is 36.4 Å². The number of halogens is 1. The highest BCUT2D eigenvalue weighted by atomic mass is 35.5. The molecule has 20 heavy (non-hydrogen) atoms. The Kier molecular flexibility index (Phi) is 4.18. The first kappa shape index (κ1) is 14.7. The normalized spacial score (nSPS) is 18.6. The van der Waals surface area contributed by atoms with E-state index >= 15 is 0 Å². The number of imide groups is 1. The number of carbonyl (C=O) groups excluding carboxylic acids is 2. The Hall–Kier alpha value is -1.75. The van der Waals surface area contributed by atoms with Gasteiger partial charge in [-0.25, -0.2) is 0 Å². The lowest BCUT2D eigenvalue weighted by Crippen LogP contribution is -2.34. The van der Waals surface area contributed by atoms with Crippen LogP contribution in [0.15, 0.2) is 12.1 Å². The predicted molar refractivity (Wildman–Crippen MR) is 77.2 cm³/mol. The molecule has 1 aliphatic heterocycles. The first-order valence-corrected chi connectivity index (χ1v) is 6.80. The van der Waals surface area contributed by atoms with E-state index in [-0.39, 0.29) is 18.2 Å². The topological polar surface area (TPSA) is 58.6 Å². The maximum Gasteiger partial charge on any atom is 0.252 e. The van der Waals surface area contributed by atoms with E-state index in [0.717, 1.165) is 5.56 Å². The van der Waals surface area contributed by atoms with Gasteiger partial charge in [-0.05, 0) is 25.5 Å². The molecule has 1 fully saturated rings. The number of likely N-dealkylation sites (tertiary alicyclic amines) is 1. The van der Waals surface area contributed by atoms with Crippen LogP contribution >= 0.6 is 11.6 Å². The molecule has 2 rings (SSSR count). The summed E-state index contributed by atoms with van der Waals surface area (Å²) in [6.45, 7) is 4.05. The van der Waals surface area contributed by atoms with Crippen LogP contribution in [-0.2, 0) is 9.59 Å². The van der Waals surface area contributed by atoms with Crippen molar-refractivity contribution in [3.8, 4) is 5.75 Å². The molecule has 108 valence electrons. The molecule has 0 saturated carbocycles. The number of nitrogens with one attached hydrogen (secondary N) is 1. The molecule has 2 amide bonds. The number of ether oxygens (including phenoxy) is 1. The van der Waals surface area contributed by atoms with E-state index in [1.165, 1.54) is 12.0 Å². The molecular formula is C14H17ClN2O3. The number of anilines is 1. The van der Waals surface area contributed by atoms with Gasteiger partial charge in [-0.15, -0.1) is 0 Å². The van der Waals surface area contributed by atoms with Crippen LogP contribution in [0.4, 0.5) is 5.69 Å². The highest BCUT2D eigenvalue weighted by Crippen LogP contribution is 2.32. The first-order chi connectivity index (χ1) is 9.47. The Balaban J connectivity index is 2.25. The molecule has 0 aromatic heterocycles. The van der Waals surface area contributed by atoms with Crippen molar-refractivity contribution in [2.24, 2.45) is 0 Å². The number of hydrogen-bond donors (Lipinski definition) is 1. The Bertz CT molecular complexity index is 560. The van der Waals surface area contributed by atoms with Crippen molar-refractivity contribution in [1.82, 2.24) is 4.90 Å². The third kappa shape index (κ3) is 2.58. The molecule has 0 aliphatic carbocycles. The minimum absolute atomic E-state index is 0.153. The zero-order valence-corrected chi connectivity index (χ0v) is 12.5. The van der Waals surface area contributed by atoms with Crippen LogP contribution in [0.2, 0.25) is 5.02 Å². The minimum atomic E-state index is -0.545. The summed E-state index contributed by atoms with van der Waals surface area (Å²) in [5, 5.41) is 3.67. The minimum Gasteiger partial charge on any atom is -0.495 e. The maximum absolute atomic E-state index is 12.1. The van der Waals surface area contributed by atoms with E-state index in [0.29, 0.717) is 23.0 Å². The van der Waals surface area contributed by atoms with Gasteiger partial charge >= 0.3 is 0 Å². The zero-order valence-electron chi connectivity index (χ0n) is 11.7. The highest BCUT2D eigenvalue weighted by molar-refractivity contribution is 6.31. The number of rotatable bonds is 4. The van der Waals surface area contributed by atoms with E-state index in [4.69, 9.17) is 16.3 Å². The monoisotopic (exact) mass is 296 g/mol. The molecule has 5 nitrogen and oxygen atoms in total. The summed E-state index contributed by atoms with van der Waals surface area (Å²) in [7, 11) is 1.53. The van der Waals surface area contributed by atoms with Crippen LogP contribution in [0.25, 0.3) is 0 Å². The van der Waals surface area contributed by atoms with Crippen LogP contribution in [0, 0.1) is 6.92 Å². The Morgan fingerprint density at radius 3 is 2.70 bits per heavy atom. The molecule has 0 radical (unpaired) electrons. The molecule has 1 saturated heterocycles. The van der Waals surface area contributed by atoms with E-state index < -0.39 is 6.04 Å². The van der Waals surface area contributed by atoms with E-state index in [9.17, 15) is 9.59 Å². The number of likely N-dealkylation sites (N-methyl/N-ethyl adjacent to an activating group) is 1. The van der Waals surface area contributed by atoms with Crippen molar-refractivity contribution in [2.75, 3.05) is 19.0 Å². The van der Waals surface area contributed by atoms with Crippen molar-refractivity contribution in [2.45, 2.75) is 26.3 Å². The van der Waals surface area contributed by atoms with Gasteiger partial charge in [0.15, 0.2) is 0 Å². The fourth-order valence-corrected chi connectivity index (χ4v) is 2.41. The van der Waals surface area contributed by atoms with Crippen molar-refractivity contribution >= 4 is 29.1 Å². The molecule has 0 spiro atoms. The summed E-state index contributed by atoms with van der Waals surface area (Å²) in [5.74, 6) is 0.197. The van der Waals surface area contributed by atoms with Gasteiger partial charge in [-0.2, -0.15) is 0 Å². The predicted octanol–water partition coefficient (Wildman–Crippen LogP) is 2.22. The summed E-state index contributed by atoms with van der Waals surface area (Å²) < 4.78 is 5.25. The average Bonchev–Trinajstić information content (AvgIpc) is 2.68. The Morgan fingerprint density at radius 2 is 2.15 bits per heavy atom. The van der Waals surface area contributed by atoms with Crippen molar-refractivity contribution in [3.05, 3.63) is 22.7 Å². The number of methoxy groups -OCH3 is 1. The SMILES string of the molecule is CCN1C(=O)CC(Nc2cc(C)c(Cl)cc2OC)C1=O. The van der Waals surface area contributed by atoms with Gasteiger partial charge < -0.3 is 10.1 Å². The number of benzene rings is 1. The van der Waals surface area contributed by atoms with Gasteiger partial charge in [0.1, 0.15) is 11.8 Å². The summed E-state index contributed by atoms with van der Waals surface area (Å²) in [6, 6.07) is 2.96. The second-order valence-electron chi connectivity index (χ2n) is 4.68. The maximum atomic E-state index is 12.1. The molecule has 1 aromatic carbocycles. The zero-order chi connectivity index (χ0) is 14.9. The van der Waals surface area contributed by atoms with E-state index in [1.54, 1.807) is 13.0 Å². The van der Waals surface area contributed by atoms with Gasteiger partial charge in [0, 0.05) is 17.6 Å². The van der Waals surface area contributed by atoms with Gasteiger partial charge in [-0.1, -0.05) is 11.6 Å². The second kappa shape index (κ2) is 5.71. The molecule has 0 bridgehead atoms. The standard InChI is InChI=1S/C14H17ClN2O3/c1-4-17-13(18)7-11(14(17)19)16-10-5-8(2)9(15)6-12(10)20-3/h5-6,11,16H,4,7H2,1-3H3. The lowest BCUT2D eigenvalue weighted by Gasteiger charge is -2.17. The molecule has 1 atom stereocenters. The van der Waals surface area contributed by atoms with Gasteiger partial charge in [0.2, 0.25) is 5.91 Å². The Labute approximate surface area is 122 Å². The number of amides is 2.